The van der Waals surface area contributed by atoms with Crippen LogP contribution in [0.25, 0.3) is 0 Å². The number of para-hydroxylation sites is 1. The van der Waals surface area contributed by atoms with Crippen molar-refractivity contribution in [3.63, 3.8) is 0 Å². The van der Waals surface area contributed by atoms with Gasteiger partial charge in [-0.25, -0.2) is 0 Å². The molecule has 0 saturated heterocycles. The van der Waals surface area contributed by atoms with E-state index in [0.717, 1.165) is 19.3 Å². The second kappa shape index (κ2) is 5.09. The van der Waals surface area contributed by atoms with Crippen molar-refractivity contribution in [1.29, 1.82) is 0 Å². The van der Waals surface area contributed by atoms with Crippen LogP contribution < -0.4 is 5.32 Å². The van der Waals surface area contributed by atoms with Gasteiger partial charge >= 0.3 is 0 Å². The molecule has 0 saturated carbocycles. The van der Waals surface area contributed by atoms with E-state index in [1.807, 2.05) is 0 Å². The van der Waals surface area contributed by atoms with Crippen LogP contribution >= 0.6 is 23.2 Å². The van der Waals surface area contributed by atoms with E-state index < -0.39 is 0 Å². The molecule has 1 aromatic rings. The maximum absolute atomic E-state index is 5.73. The first kappa shape index (κ1) is 11.1. The number of hydrogen-bond donors (Lipinski definition) is 1. The molecule has 0 radical (unpaired) electrons. The largest absolute Gasteiger partial charge is 0.382 e. The third-order valence-electron chi connectivity index (χ3n) is 2.87. The Labute approximate surface area is 101 Å². The summed E-state index contributed by atoms with van der Waals surface area (Å²) in [6.07, 6.45) is 4.25. The average Bonchev–Trinajstić information content (AvgIpc) is 2.26. The maximum atomic E-state index is 5.73. The van der Waals surface area contributed by atoms with Gasteiger partial charge in [-0.2, -0.15) is 0 Å². The van der Waals surface area contributed by atoms with Gasteiger partial charge in [-0.15, -0.1) is 23.2 Å². The van der Waals surface area contributed by atoms with Crippen molar-refractivity contribution in [3.8, 4) is 0 Å². The molecule has 15 heavy (non-hydrogen) atoms. The lowest BCUT2D eigenvalue weighted by atomic mass is 9.96. The quantitative estimate of drug-likeness (QED) is 0.792. The molecule has 2 rings (SSSR count). The van der Waals surface area contributed by atoms with E-state index >= 15 is 0 Å². The van der Waals surface area contributed by atoms with Crippen LogP contribution in [0.1, 0.15) is 24.8 Å². The fraction of sp³-hybridized carbons (Fsp3) is 0.500. The SMILES string of the molecule is ClC(Cl)CC[C@H]1CCc2ccccc2N1. The number of hydrogen-bond acceptors (Lipinski definition) is 1. The highest BCUT2D eigenvalue weighted by molar-refractivity contribution is 6.44. The van der Waals surface area contributed by atoms with Gasteiger partial charge < -0.3 is 5.32 Å². The summed E-state index contributed by atoms with van der Waals surface area (Å²) in [7, 11) is 0. The Balaban J connectivity index is 1.94. The Morgan fingerprint density at radius 2 is 2.13 bits per heavy atom. The molecule has 0 aromatic heterocycles. The highest BCUT2D eigenvalue weighted by Crippen LogP contribution is 2.26. The standard InChI is InChI=1S/C12H15Cl2N/c13-12(14)8-7-10-6-5-9-3-1-2-4-11(9)15-10/h1-4,10,12,15H,5-8H2/t10-/m1/s1. The number of benzene rings is 1. The van der Waals surface area contributed by atoms with Crippen LogP contribution in [0.2, 0.25) is 0 Å². The van der Waals surface area contributed by atoms with Crippen LogP contribution in [0.3, 0.4) is 0 Å². The van der Waals surface area contributed by atoms with Crippen LogP contribution in [0.15, 0.2) is 24.3 Å². The monoisotopic (exact) mass is 243 g/mol. The van der Waals surface area contributed by atoms with Crippen LogP contribution in [-0.2, 0) is 6.42 Å². The minimum atomic E-state index is -0.232. The molecule has 1 nitrogen and oxygen atoms in total. The summed E-state index contributed by atoms with van der Waals surface area (Å²) in [6.45, 7) is 0. The summed E-state index contributed by atoms with van der Waals surface area (Å²) in [5.74, 6) is 0. The first-order valence-electron chi connectivity index (χ1n) is 5.38. The van der Waals surface area contributed by atoms with Crippen molar-refractivity contribution in [1.82, 2.24) is 0 Å². The Bertz CT molecular complexity index is 325. The van der Waals surface area contributed by atoms with Crippen molar-refractivity contribution >= 4 is 28.9 Å². The van der Waals surface area contributed by atoms with Gasteiger partial charge in [-0.05, 0) is 37.3 Å². The van der Waals surface area contributed by atoms with Gasteiger partial charge in [0, 0.05) is 11.7 Å². The number of nitrogens with one attached hydrogen (secondary N) is 1. The van der Waals surface area contributed by atoms with Crippen molar-refractivity contribution in [2.45, 2.75) is 36.6 Å². The molecule has 1 aliphatic heterocycles. The van der Waals surface area contributed by atoms with Crippen molar-refractivity contribution < 1.29 is 0 Å². The van der Waals surface area contributed by atoms with Crippen LogP contribution in [0, 0.1) is 0 Å². The van der Waals surface area contributed by atoms with Crippen molar-refractivity contribution in [3.05, 3.63) is 29.8 Å². The first-order valence-corrected chi connectivity index (χ1v) is 6.25. The van der Waals surface area contributed by atoms with E-state index in [-0.39, 0.29) is 4.84 Å². The van der Waals surface area contributed by atoms with Gasteiger partial charge in [0.05, 0.1) is 0 Å². The van der Waals surface area contributed by atoms with E-state index in [1.165, 1.54) is 17.7 Å². The molecule has 1 aliphatic rings. The molecular weight excluding hydrogens is 229 g/mol. The summed E-state index contributed by atoms with van der Waals surface area (Å²) in [5.41, 5.74) is 2.69. The molecular formula is C12H15Cl2N. The molecule has 0 spiro atoms. The Morgan fingerprint density at radius 1 is 1.33 bits per heavy atom. The van der Waals surface area contributed by atoms with Gasteiger partial charge in [-0.3, -0.25) is 0 Å². The topological polar surface area (TPSA) is 12.0 Å². The minimum Gasteiger partial charge on any atom is -0.382 e. The van der Waals surface area contributed by atoms with Crippen molar-refractivity contribution in [2.24, 2.45) is 0 Å². The number of alkyl halides is 2. The van der Waals surface area contributed by atoms with E-state index in [1.54, 1.807) is 0 Å². The molecule has 1 atom stereocenters. The van der Waals surface area contributed by atoms with Gasteiger partial charge in [0.15, 0.2) is 0 Å². The molecule has 3 heteroatoms. The normalized spacial score (nSPS) is 19.8. The summed E-state index contributed by atoms with van der Waals surface area (Å²) in [5, 5.41) is 3.54. The highest BCUT2D eigenvalue weighted by atomic mass is 35.5. The Morgan fingerprint density at radius 3 is 2.93 bits per heavy atom. The van der Waals surface area contributed by atoms with Crippen LogP contribution in [0.4, 0.5) is 5.69 Å². The van der Waals surface area contributed by atoms with Gasteiger partial charge in [0.1, 0.15) is 4.84 Å². The molecule has 0 amide bonds. The third kappa shape index (κ3) is 3.02. The predicted molar refractivity (Wildman–Crippen MR) is 66.9 cm³/mol. The van der Waals surface area contributed by atoms with E-state index in [2.05, 4.69) is 29.6 Å². The Hall–Kier alpha value is -0.400. The molecule has 82 valence electrons. The van der Waals surface area contributed by atoms with Gasteiger partial charge in [0.2, 0.25) is 0 Å². The Kier molecular flexibility index (Phi) is 3.76. The molecule has 1 aromatic carbocycles. The highest BCUT2D eigenvalue weighted by Gasteiger charge is 2.17. The van der Waals surface area contributed by atoms with Gasteiger partial charge in [0.25, 0.3) is 0 Å². The number of halogens is 2. The minimum absolute atomic E-state index is 0.232. The third-order valence-corrected chi connectivity index (χ3v) is 3.31. The summed E-state index contributed by atoms with van der Waals surface area (Å²) >= 11 is 11.5. The zero-order valence-electron chi connectivity index (χ0n) is 8.55. The van der Waals surface area contributed by atoms with E-state index in [0.29, 0.717) is 6.04 Å². The smallest absolute Gasteiger partial charge is 0.107 e. The summed E-state index contributed by atoms with van der Waals surface area (Å²) in [6, 6.07) is 9.01. The average molecular weight is 244 g/mol. The lowest BCUT2D eigenvalue weighted by Crippen LogP contribution is -2.25. The molecule has 0 aliphatic carbocycles. The molecule has 1 N–H and O–H groups in total. The van der Waals surface area contributed by atoms with Crippen LogP contribution in [-0.4, -0.2) is 10.9 Å². The molecule has 1 heterocycles. The maximum Gasteiger partial charge on any atom is 0.107 e. The lowest BCUT2D eigenvalue weighted by molar-refractivity contribution is 0.574. The summed E-state index contributed by atoms with van der Waals surface area (Å²) in [4.78, 5) is -0.232. The number of rotatable bonds is 3. The number of anilines is 1. The molecule has 0 unspecified atom stereocenters. The number of aryl methyl sites for hydroxylation is 1. The molecule has 0 fully saturated rings. The number of fused-ring (bicyclic) bond motifs is 1. The second-order valence-corrected chi connectivity index (χ2v) is 5.28. The van der Waals surface area contributed by atoms with Crippen LogP contribution in [0.5, 0.6) is 0 Å². The second-order valence-electron chi connectivity index (χ2n) is 4.01. The predicted octanol–water partition coefficient (Wildman–Crippen LogP) is 4.00. The zero-order valence-corrected chi connectivity index (χ0v) is 10.1. The van der Waals surface area contributed by atoms with E-state index in [4.69, 9.17) is 23.2 Å². The summed E-state index contributed by atoms with van der Waals surface area (Å²) < 4.78 is 0. The van der Waals surface area contributed by atoms with E-state index in [9.17, 15) is 0 Å². The fourth-order valence-corrected chi connectivity index (χ4v) is 2.30. The van der Waals surface area contributed by atoms with Gasteiger partial charge in [-0.1, -0.05) is 18.2 Å². The lowest BCUT2D eigenvalue weighted by Gasteiger charge is -2.27. The first-order chi connectivity index (χ1) is 7.25. The van der Waals surface area contributed by atoms with Crippen molar-refractivity contribution in [2.75, 3.05) is 5.32 Å². The fourth-order valence-electron chi connectivity index (χ4n) is 2.04. The zero-order chi connectivity index (χ0) is 10.7. The molecule has 0 bridgehead atoms.